The number of ether oxygens (including phenoxy) is 1. The van der Waals surface area contributed by atoms with Crippen molar-refractivity contribution in [3.05, 3.63) is 48.2 Å². The highest BCUT2D eigenvalue weighted by molar-refractivity contribution is 5.89. The van der Waals surface area contributed by atoms with Gasteiger partial charge >= 0.3 is 5.97 Å². The first-order valence-electron chi connectivity index (χ1n) is 5.92. The van der Waals surface area contributed by atoms with E-state index in [1.54, 1.807) is 46.9 Å². The van der Waals surface area contributed by atoms with Gasteiger partial charge in [-0.1, -0.05) is 18.2 Å². The van der Waals surface area contributed by atoms with E-state index in [0.29, 0.717) is 22.7 Å². The minimum atomic E-state index is -0.475. The molecule has 6 heteroatoms. The van der Waals surface area contributed by atoms with Crippen LogP contribution in [-0.2, 0) is 4.74 Å². The van der Waals surface area contributed by atoms with E-state index in [1.165, 1.54) is 7.11 Å². The summed E-state index contributed by atoms with van der Waals surface area (Å²) in [5, 5.41) is 17.7. The van der Waals surface area contributed by atoms with Crippen molar-refractivity contribution >= 4 is 11.6 Å². The van der Waals surface area contributed by atoms with Crippen molar-refractivity contribution in [1.29, 1.82) is 0 Å². The average Bonchev–Trinajstić information content (AvgIpc) is 2.90. The van der Waals surface area contributed by atoms with Gasteiger partial charge in [0, 0.05) is 5.56 Å². The van der Waals surface area contributed by atoms with E-state index in [9.17, 15) is 9.90 Å². The number of phenols is 1. The zero-order valence-electron chi connectivity index (χ0n) is 10.6. The molecule has 100 valence electrons. The number of fused-ring (bicyclic) bond motifs is 1. The van der Waals surface area contributed by atoms with E-state index in [4.69, 9.17) is 4.74 Å². The number of hydrogen-bond acceptors (Lipinski definition) is 5. The zero-order chi connectivity index (χ0) is 14.1. The molecule has 0 saturated carbocycles. The lowest BCUT2D eigenvalue weighted by Gasteiger charge is -2.06. The van der Waals surface area contributed by atoms with Gasteiger partial charge in [-0.3, -0.25) is 4.40 Å². The third kappa shape index (κ3) is 1.87. The fraction of sp³-hybridized carbons (Fsp3) is 0.0714. The van der Waals surface area contributed by atoms with Crippen LogP contribution in [0.15, 0.2) is 42.5 Å². The monoisotopic (exact) mass is 269 g/mol. The van der Waals surface area contributed by atoms with Gasteiger partial charge in [0.25, 0.3) is 0 Å². The molecule has 2 heterocycles. The predicted octanol–water partition coefficient (Wildman–Crippen LogP) is 1.89. The Morgan fingerprint density at radius 1 is 1.20 bits per heavy atom. The Morgan fingerprint density at radius 2 is 2.00 bits per heavy atom. The van der Waals surface area contributed by atoms with Gasteiger partial charge in [-0.15, -0.1) is 10.2 Å². The number of aromatic hydroxyl groups is 1. The summed E-state index contributed by atoms with van der Waals surface area (Å²) in [4.78, 5) is 11.8. The van der Waals surface area contributed by atoms with Gasteiger partial charge in [-0.05, 0) is 24.3 Å². The van der Waals surface area contributed by atoms with Crippen LogP contribution in [0.5, 0.6) is 5.75 Å². The normalized spacial score (nSPS) is 10.7. The Morgan fingerprint density at radius 3 is 2.75 bits per heavy atom. The highest BCUT2D eigenvalue weighted by Crippen LogP contribution is 2.23. The van der Waals surface area contributed by atoms with Crippen LogP contribution < -0.4 is 0 Å². The Kier molecular flexibility index (Phi) is 2.83. The molecule has 6 nitrogen and oxygen atoms in total. The van der Waals surface area contributed by atoms with Gasteiger partial charge in [0.05, 0.1) is 7.11 Å². The van der Waals surface area contributed by atoms with Crippen LogP contribution in [0.2, 0.25) is 0 Å². The molecule has 3 rings (SSSR count). The van der Waals surface area contributed by atoms with Crippen molar-refractivity contribution in [2.24, 2.45) is 0 Å². The number of pyridine rings is 1. The summed E-state index contributed by atoms with van der Waals surface area (Å²) in [7, 11) is 1.32. The molecule has 0 radical (unpaired) electrons. The standard InChI is InChI=1S/C14H11N3O3/c1-20-14(19)11-6-3-7-12-15-16-13(17(11)12)9-4-2-5-10(18)8-9/h2-8,18H,1H3. The summed E-state index contributed by atoms with van der Waals surface area (Å²) >= 11 is 0. The lowest BCUT2D eigenvalue weighted by Crippen LogP contribution is -2.08. The molecule has 0 unspecified atom stereocenters. The molecule has 3 aromatic rings. The zero-order valence-corrected chi connectivity index (χ0v) is 10.6. The molecule has 0 atom stereocenters. The first-order chi connectivity index (χ1) is 9.70. The second kappa shape index (κ2) is 4.65. The number of hydrogen-bond donors (Lipinski definition) is 1. The molecule has 0 amide bonds. The number of nitrogens with zero attached hydrogens (tertiary/aromatic N) is 3. The van der Waals surface area contributed by atoms with E-state index in [2.05, 4.69) is 10.2 Å². The van der Waals surface area contributed by atoms with Crippen molar-refractivity contribution in [2.75, 3.05) is 7.11 Å². The van der Waals surface area contributed by atoms with E-state index in [-0.39, 0.29) is 5.75 Å². The molecular formula is C14H11N3O3. The molecule has 1 aromatic carbocycles. The Balaban J connectivity index is 2.29. The second-order valence-electron chi connectivity index (χ2n) is 4.17. The maximum Gasteiger partial charge on any atom is 0.355 e. The summed E-state index contributed by atoms with van der Waals surface area (Å²) in [6.45, 7) is 0. The van der Waals surface area contributed by atoms with E-state index >= 15 is 0 Å². The highest BCUT2D eigenvalue weighted by atomic mass is 16.5. The molecule has 0 aliphatic carbocycles. The van der Waals surface area contributed by atoms with Crippen LogP contribution in [0.1, 0.15) is 10.5 Å². The summed E-state index contributed by atoms with van der Waals surface area (Å²) in [6.07, 6.45) is 0. The number of rotatable bonds is 2. The van der Waals surface area contributed by atoms with E-state index in [0.717, 1.165) is 0 Å². The predicted molar refractivity (Wildman–Crippen MR) is 71.4 cm³/mol. The molecular weight excluding hydrogens is 258 g/mol. The molecule has 0 aliphatic heterocycles. The fourth-order valence-electron chi connectivity index (χ4n) is 2.04. The molecule has 20 heavy (non-hydrogen) atoms. The molecule has 0 fully saturated rings. The Hall–Kier alpha value is -2.89. The minimum absolute atomic E-state index is 0.120. The summed E-state index contributed by atoms with van der Waals surface area (Å²) in [5.41, 5.74) is 1.52. The quantitative estimate of drug-likeness (QED) is 0.719. The number of phenolic OH excluding ortho intramolecular Hbond substituents is 1. The number of esters is 1. The fourth-order valence-corrected chi connectivity index (χ4v) is 2.04. The van der Waals surface area contributed by atoms with Crippen molar-refractivity contribution in [3.63, 3.8) is 0 Å². The number of methoxy groups -OCH3 is 1. The van der Waals surface area contributed by atoms with Crippen LogP contribution in [-0.4, -0.2) is 32.8 Å². The van der Waals surface area contributed by atoms with Gasteiger partial charge < -0.3 is 9.84 Å². The molecule has 0 saturated heterocycles. The van der Waals surface area contributed by atoms with Gasteiger partial charge in [0.15, 0.2) is 11.5 Å². The van der Waals surface area contributed by atoms with Crippen molar-refractivity contribution in [1.82, 2.24) is 14.6 Å². The third-order valence-corrected chi connectivity index (χ3v) is 2.93. The van der Waals surface area contributed by atoms with Crippen LogP contribution >= 0.6 is 0 Å². The molecule has 1 N–H and O–H groups in total. The first kappa shape index (κ1) is 12.2. The lowest BCUT2D eigenvalue weighted by molar-refractivity contribution is 0.0592. The SMILES string of the molecule is COC(=O)c1cccc2nnc(-c3cccc(O)c3)n12. The maximum atomic E-state index is 11.8. The summed E-state index contributed by atoms with van der Waals surface area (Å²) in [6, 6.07) is 11.7. The van der Waals surface area contributed by atoms with E-state index in [1.807, 2.05) is 0 Å². The van der Waals surface area contributed by atoms with Gasteiger partial charge in [0.2, 0.25) is 0 Å². The van der Waals surface area contributed by atoms with Crippen LogP contribution in [0, 0.1) is 0 Å². The number of carbonyl (C=O) groups is 1. The largest absolute Gasteiger partial charge is 0.508 e. The van der Waals surface area contributed by atoms with Crippen molar-refractivity contribution in [2.45, 2.75) is 0 Å². The summed E-state index contributed by atoms with van der Waals surface area (Å²) < 4.78 is 6.36. The van der Waals surface area contributed by atoms with Crippen LogP contribution in [0.3, 0.4) is 0 Å². The third-order valence-electron chi connectivity index (χ3n) is 2.93. The smallest absolute Gasteiger partial charge is 0.355 e. The maximum absolute atomic E-state index is 11.8. The Bertz CT molecular complexity index is 795. The first-order valence-corrected chi connectivity index (χ1v) is 5.92. The highest BCUT2D eigenvalue weighted by Gasteiger charge is 2.16. The molecule has 0 aliphatic rings. The topological polar surface area (TPSA) is 76.7 Å². The Labute approximate surface area is 114 Å². The van der Waals surface area contributed by atoms with E-state index < -0.39 is 5.97 Å². The molecule has 0 spiro atoms. The molecule has 0 bridgehead atoms. The van der Waals surface area contributed by atoms with Crippen molar-refractivity contribution in [3.8, 4) is 17.1 Å². The number of carbonyl (C=O) groups excluding carboxylic acids is 1. The lowest BCUT2D eigenvalue weighted by atomic mass is 10.2. The van der Waals surface area contributed by atoms with Gasteiger partial charge in [0.1, 0.15) is 11.4 Å². The van der Waals surface area contributed by atoms with Crippen LogP contribution in [0.4, 0.5) is 0 Å². The second-order valence-corrected chi connectivity index (χ2v) is 4.17. The summed E-state index contributed by atoms with van der Waals surface area (Å²) in [5.74, 6) is 0.114. The van der Waals surface area contributed by atoms with Gasteiger partial charge in [-0.25, -0.2) is 4.79 Å². The average molecular weight is 269 g/mol. The van der Waals surface area contributed by atoms with Gasteiger partial charge in [-0.2, -0.15) is 0 Å². The number of benzene rings is 1. The number of aromatic nitrogens is 3. The molecule has 2 aromatic heterocycles. The van der Waals surface area contributed by atoms with Crippen molar-refractivity contribution < 1.29 is 14.6 Å². The van der Waals surface area contributed by atoms with Crippen LogP contribution in [0.25, 0.3) is 17.0 Å². The minimum Gasteiger partial charge on any atom is -0.508 e.